The molecule has 0 saturated carbocycles. The molecule has 0 bridgehead atoms. The van der Waals surface area contributed by atoms with Gasteiger partial charge in [-0.1, -0.05) is 13.8 Å². The molecular formula is C18H27N3O3. The van der Waals surface area contributed by atoms with Crippen LogP contribution in [0, 0.1) is 5.92 Å². The van der Waals surface area contributed by atoms with Crippen LogP contribution in [0.25, 0.3) is 0 Å². The van der Waals surface area contributed by atoms with Crippen LogP contribution in [0.4, 0.5) is 4.79 Å². The third-order valence-corrected chi connectivity index (χ3v) is 4.07. The second-order valence-corrected chi connectivity index (χ2v) is 6.44. The summed E-state index contributed by atoms with van der Waals surface area (Å²) in [7, 11) is 1.60. The molecule has 1 N–H and O–H groups in total. The summed E-state index contributed by atoms with van der Waals surface area (Å²) in [6, 6.07) is 7.09. The largest absolute Gasteiger partial charge is 0.497 e. The molecule has 6 nitrogen and oxygen atoms in total. The standard InChI is InChI=1S/C18H27N3O3/c1-14(2)13-19-18(23)21-10-4-9-20(11-12-21)17(22)15-5-7-16(24-3)8-6-15/h5-8,14H,4,9-13H2,1-3H3,(H,19,23). The predicted molar refractivity (Wildman–Crippen MR) is 93.3 cm³/mol. The van der Waals surface area contributed by atoms with Crippen LogP contribution in [0.3, 0.4) is 0 Å². The molecule has 0 aromatic heterocycles. The van der Waals surface area contributed by atoms with Gasteiger partial charge in [-0.2, -0.15) is 0 Å². The number of ether oxygens (including phenoxy) is 1. The molecule has 0 unspecified atom stereocenters. The summed E-state index contributed by atoms with van der Waals surface area (Å²) in [5, 5.41) is 2.94. The molecule has 0 radical (unpaired) electrons. The van der Waals surface area contributed by atoms with Gasteiger partial charge in [-0.05, 0) is 36.6 Å². The Kier molecular flexibility index (Phi) is 6.46. The number of amides is 3. The lowest BCUT2D eigenvalue weighted by atomic mass is 10.2. The second-order valence-electron chi connectivity index (χ2n) is 6.44. The summed E-state index contributed by atoms with van der Waals surface area (Å²) in [6.45, 7) is 7.26. The van der Waals surface area contributed by atoms with E-state index in [2.05, 4.69) is 19.2 Å². The van der Waals surface area contributed by atoms with Gasteiger partial charge in [-0.25, -0.2) is 4.79 Å². The molecule has 1 aromatic carbocycles. The zero-order chi connectivity index (χ0) is 17.5. The van der Waals surface area contributed by atoms with Gasteiger partial charge in [-0.15, -0.1) is 0 Å². The fourth-order valence-electron chi connectivity index (χ4n) is 2.64. The summed E-state index contributed by atoms with van der Waals surface area (Å²) >= 11 is 0. The average Bonchev–Trinajstić information content (AvgIpc) is 2.85. The minimum atomic E-state index is -0.0394. The molecule has 24 heavy (non-hydrogen) atoms. The van der Waals surface area contributed by atoms with Gasteiger partial charge in [0.05, 0.1) is 7.11 Å². The summed E-state index contributed by atoms with van der Waals surface area (Å²) in [5.41, 5.74) is 0.647. The zero-order valence-electron chi connectivity index (χ0n) is 14.7. The van der Waals surface area contributed by atoms with Crippen molar-refractivity contribution >= 4 is 11.9 Å². The number of benzene rings is 1. The smallest absolute Gasteiger partial charge is 0.317 e. The van der Waals surface area contributed by atoms with E-state index in [0.29, 0.717) is 44.2 Å². The molecule has 1 aliphatic heterocycles. The Balaban J connectivity index is 1.91. The number of nitrogens with zero attached hydrogens (tertiary/aromatic N) is 2. The van der Waals surface area contributed by atoms with E-state index >= 15 is 0 Å². The molecule has 3 amide bonds. The van der Waals surface area contributed by atoms with E-state index in [1.165, 1.54) is 0 Å². The van der Waals surface area contributed by atoms with Gasteiger partial charge in [0.25, 0.3) is 5.91 Å². The maximum atomic E-state index is 12.6. The molecule has 0 aliphatic carbocycles. The van der Waals surface area contributed by atoms with Crippen LogP contribution in [0.15, 0.2) is 24.3 Å². The van der Waals surface area contributed by atoms with Crippen molar-refractivity contribution in [3.8, 4) is 5.75 Å². The summed E-state index contributed by atoms with van der Waals surface area (Å²) in [4.78, 5) is 28.4. The minimum Gasteiger partial charge on any atom is -0.497 e. The Bertz CT molecular complexity index is 557. The molecule has 1 saturated heterocycles. The van der Waals surface area contributed by atoms with E-state index in [1.807, 2.05) is 4.90 Å². The van der Waals surface area contributed by atoms with E-state index < -0.39 is 0 Å². The van der Waals surface area contributed by atoms with Crippen LogP contribution < -0.4 is 10.1 Å². The quantitative estimate of drug-likeness (QED) is 0.919. The number of carbonyl (C=O) groups is 2. The summed E-state index contributed by atoms with van der Waals surface area (Å²) in [5.74, 6) is 1.16. The minimum absolute atomic E-state index is 0.00194. The predicted octanol–water partition coefficient (Wildman–Crippen LogP) is 2.21. The van der Waals surface area contributed by atoms with Gasteiger partial charge < -0.3 is 19.9 Å². The average molecular weight is 333 g/mol. The topological polar surface area (TPSA) is 61.9 Å². The highest BCUT2D eigenvalue weighted by Crippen LogP contribution is 2.14. The van der Waals surface area contributed by atoms with Gasteiger partial charge in [0.2, 0.25) is 0 Å². The van der Waals surface area contributed by atoms with Crippen molar-refractivity contribution in [1.82, 2.24) is 15.1 Å². The number of hydrogen-bond acceptors (Lipinski definition) is 3. The first kappa shape index (κ1) is 18.1. The molecule has 1 heterocycles. The molecule has 1 aliphatic rings. The van der Waals surface area contributed by atoms with Gasteiger partial charge in [0.1, 0.15) is 5.75 Å². The Morgan fingerprint density at radius 1 is 1.08 bits per heavy atom. The number of urea groups is 1. The normalized spacial score (nSPS) is 15.2. The maximum Gasteiger partial charge on any atom is 0.317 e. The highest BCUT2D eigenvalue weighted by Gasteiger charge is 2.22. The Labute approximate surface area is 143 Å². The van der Waals surface area contributed by atoms with Crippen LogP contribution in [0.5, 0.6) is 5.75 Å². The number of carbonyl (C=O) groups excluding carboxylic acids is 2. The Hall–Kier alpha value is -2.24. The molecule has 6 heteroatoms. The molecule has 0 spiro atoms. The molecule has 0 atom stereocenters. The lowest BCUT2D eigenvalue weighted by Gasteiger charge is -2.23. The number of rotatable bonds is 4. The van der Waals surface area contributed by atoms with Gasteiger partial charge in [0, 0.05) is 38.3 Å². The summed E-state index contributed by atoms with van der Waals surface area (Å²) in [6.07, 6.45) is 0.789. The lowest BCUT2D eigenvalue weighted by molar-refractivity contribution is 0.0762. The Morgan fingerprint density at radius 3 is 2.33 bits per heavy atom. The van der Waals surface area contributed by atoms with E-state index in [9.17, 15) is 9.59 Å². The van der Waals surface area contributed by atoms with Crippen LogP contribution in [0.2, 0.25) is 0 Å². The third-order valence-electron chi connectivity index (χ3n) is 4.07. The first-order valence-corrected chi connectivity index (χ1v) is 8.47. The maximum absolute atomic E-state index is 12.6. The van der Waals surface area contributed by atoms with E-state index in [4.69, 9.17) is 4.74 Å². The van der Waals surface area contributed by atoms with E-state index in [-0.39, 0.29) is 11.9 Å². The van der Waals surface area contributed by atoms with Gasteiger partial charge in [-0.3, -0.25) is 4.79 Å². The van der Waals surface area contributed by atoms with Crippen molar-refractivity contribution < 1.29 is 14.3 Å². The van der Waals surface area contributed by atoms with Crippen molar-refractivity contribution in [2.24, 2.45) is 5.92 Å². The van der Waals surface area contributed by atoms with Crippen LogP contribution in [-0.2, 0) is 0 Å². The monoisotopic (exact) mass is 333 g/mol. The number of hydrogen-bond donors (Lipinski definition) is 1. The zero-order valence-corrected chi connectivity index (χ0v) is 14.7. The second kappa shape index (κ2) is 8.57. The van der Waals surface area contributed by atoms with E-state index in [1.54, 1.807) is 36.3 Å². The fraction of sp³-hybridized carbons (Fsp3) is 0.556. The molecule has 2 rings (SSSR count). The first-order valence-electron chi connectivity index (χ1n) is 8.47. The number of nitrogens with one attached hydrogen (secondary N) is 1. The SMILES string of the molecule is COc1ccc(C(=O)N2CCCN(C(=O)NCC(C)C)CC2)cc1. The fourth-order valence-corrected chi connectivity index (χ4v) is 2.64. The third kappa shape index (κ3) is 4.88. The van der Waals surface area contributed by atoms with Crippen molar-refractivity contribution in [2.75, 3.05) is 39.8 Å². The number of methoxy groups -OCH3 is 1. The van der Waals surface area contributed by atoms with E-state index in [0.717, 1.165) is 12.2 Å². The lowest BCUT2D eigenvalue weighted by Crippen LogP contribution is -2.43. The van der Waals surface area contributed by atoms with Crippen molar-refractivity contribution in [3.05, 3.63) is 29.8 Å². The van der Waals surface area contributed by atoms with Crippen LogP contribution >= 0.6 is 0 Å². The highest BCUT2D eigenvalue weighted by molar-refractivity contribution is 5.94. The molecule has 1 aromatic rings. The molecule has 132 valence electrons. The van der Waals surface area contributed by atoms with Gasteiger partial charge in [0.15, 0.2) is 0 Å². The first-order chi connectivity index (χ1) is 11.5. The van der Waals surface area contributed by atoms with Crippen molar-refractivity contribution in [1.29, 1.82) is 0 Å². The summed E-state index contributed by atoms with van der Waals surface area (Å²) < 4.78 is 5.12. The van der Waals surface area contributed by atoms with Gasteiger partial charge >= 0.3 is 6.03 Å². The van der Waals surface area contributed by atoms with Crippen molar-refractivity contribution in [3.63, 3.8) is 0 Å². The molecule has 1 fully saturated rings. The van der Waals surface area contributed by atoms with Crippen molar-refractivity contribution in [2.45, 2.75) is 20.3 Å². The highest BCUT2D eigenvalue weighted by atomic mass is 16.5. The molecular weight excluding hydrogens is 306 g/mol. The Morgan fingerprint density at radius 2 is 1.71 bits per heavy atom. The van der Waals surface area contributed by atoms with Crippen LogP contribution in [-0.4, -0.2) is 61.6 Å². The van der Waals surface area contributed by atoms with Crippen LogP contribution in [0.1, 0.15) is 30.6 Å².